The van der Waals surface area contributed by atoms with Gasteiger partial charge in [0.05, 0.1) is 19.3 Å². The third-order valence-electron chi connectivity index (χ3n) is 4.85. The minimum absolute atomic E-state index is 0.0182. The van der Waals surface area contributed by atoms with Gasteiger partial charge in [0.2, 0.25) is 23.6 Å². The third-order valence-corrected chi connectivity index (χ3v) is 4.85. The maximum Gasteiger partial charge on any atom is 0.326 e. The molecule has 10 N–H and O–H groups in total. The minimum atomic E-state index is -1.40. The molecule has 0 bridgehead atoms. The van der Waals surface area contributed by atoms with Crippen molar-refractivity contribution in [2.45, 2.75) is 37.4 Å². The van der Waals surface area contributed by atoms with E-state index in [1.165, 1.54) is 36.8 Å². The summed E-state index contributed by atoms with van der Waals surface area (Å²) in [5, 5.41) is 26.1. The number of hydrogen-bond acceptors (Lipinski definition) is 8. The maximum atomic E-state index is 13.1. The molecular formula is C21H27N7O7. The Hall–Kier alpha value is -4.46. The Labute approximate surface area is 199 Å². The van der Waals surface area contributed by atoms with Crippen molar-refractivity contribution in [3.63, 3.8) is 0 Å². The summed E-state index contributed by atoms with van der Waals surface area (Å²) < 4.78 is 0. The van der Waals surface area contributed by atoms with Gasteiger partial charge in [0.1, 0.15) is 23.9 Å². The lowest BCUT2D eigenvalue weighted by molar-refractivity contribution is -0.142. The fourth-order valence-corrected chi connectivity index (χ4v) is 3.10. The monoisotopic (exact) mass is 489 g/mol. The first-order valence-electron chi connectivity index (χ1n) is 10.5. The zero-order valence-electron chi connectivity index (χ0n) is 18.6. The molecule has 14 heteroatoms. The Bertz CT molecular complexity index is 1040. The van der Waals surface area contributed by atoms with Crippen LogP contribution in [0.1, 0.15) is 17.7 Å². The summed E-state index contributed by atoms with van der Waals surface area (Å²) in [5.74, 6) is -4.67. The number of carboxylic acids is 1. The Morgan fingerprint density at radius 2 is 1.57 bits per heavy atom. The molecule has 0 aliphatic heterocycles. The van der Waals surface area contributed by atoms with E-state index in [-0.39, 0.29) is 18.6 Å². The van der Waals surface area contributed by atoms with Crippen LogP contribution in [0, 0.1) is 0 Å². The van der Waals surface area contributed by atoms with E-state index in [0.29, 0.717) is 11.3 Å². The molecule has 1 aromatic heterocycles. The van der Waals surface area contributed by atoms with Crippen LogP contribution in [0.15, 0.2) is 36.8 Å². The second-order valence-electron chi connectivity index (χ2n) is 7.61. The van der Waals surface area contributed by atoms with Crippen LogP contribution in [-0.4, -0.2) is 74.4 Å². The van der Waals surface area contributed by atoms with Crippen LogP contribution in [0.25, 0.3) is 0 Å². The standard InChI is InChI=1S/C21H27N7O7/c22-8-18(31)26-15(7-17(23)30)20(33)27-14(5-11-1-3-13(29)4-2-11)19(32)28-16(21(34)35)6-12-9-24-10-25-12/h1-4,9-10,14-16,29H,5-8,22H2,(H2,23,30)(H,24,25)(H,26,31)(H,27,33)(H,28,32)(H,34,35). The number of nitrogens with one attached hydrogen (secondary N) is 4. The SMILES string of the molecule is NCC(=O)NC(CC(N)=O)C(=O)NC(Cc1ccc(O)cc1)C(=O)NC(Cc1cnc[nH]1)C(=O)O. The first-order valence-corrected chi connectivity index (χ1v) is 10.5. The number of aromatic nitrogens is 2. The summed E-state index contributed by atoms with van der Waals surface area (Å²) in [5.41, 5.74) is 11.4. The summed E-state index contributed by atoms with van der Waals surface area (Å²) in [6.45, 7) is -0.451. The highest BCUT2D eigenvalue weighted by Crippen LogP contribution is 2.12. The summed E-state index contributed by atoms with van der Waals surface area (Å²) in [7, 11) is 0. The van der Waals surface area contributed by atoms with E-state index < -0.39 is 60.7 Å². The molecule has 2 aromatic rings. The number of carbonyl (C=O) groups is 5. The molecule has 0 saturated carbocycles. The summed E-state index contributed by atoms with van der Waals surface area (Å²) in [6.07, 6.45) is 2.02. The van der Waals surface area contributed by atoms with E-state index in [1.807, 2.05) is 0 Å². The molecule has 14 nitrogen and oxygen atoms in total. The highest BCUT2D eigenvalue weighted by Gasteiger charge is 2.30. The van der Waals surface area contributed by atoms with Crippen molar-refractivity contribution in [2.75, 3.05) is 6.54 Å². The molecular weight excluding hydrogens is 462 g/mol. The van der Waals surface area contributed by atoms with Gasteiger partial charge in [-0.1, -0.05) is 12.1 Å². The van der Waals surface area contributed by atoms with Crippen molar-refractivity contribution in [1.82, 2.24) is 25.9 Å². The van der Waals surface area contributed by atoms with Crippen LogP contribution in [0.2, 0.25) is 0 Å². The molecule has 3 unspecified atom stereocenters. The number of nitrogens with two attached hydrogens (primary N) is 2. The van der Waals surface area contributed by atoms with E-state index >= 15 is 0 Å². The molecule has 35 heavy (non-hydrogen) atoms. The van der Waals surface area contributed by atoms with Crippen molar-refractivity contribution in [2.24, 2.45) is 11.5 Å². The van der Waals surface area contributed by atoms with E-state index in [9.17, 15) is 34.2 Å². The molecule has 0 radical (unpaired) electrons. The molecule has 2 rings (SSSR count). The Balaban J connectivity index is 2.24. The number of carbonyl (C=O) groups excluding carboxylic acids is 4. The summed E-state index contributed by atoms with van der Waals surface area (Å²) in [4.78, 5) is 67.2. The topological polar surface area (TPSA) is 243 Å². The number of aromatic amines is 1. The predicted molar refractivity (Wildman–Crippen MR) is 120 cm³/mol. The van der Waals surface area contributed by atoms with Crippen LogP contribution in [-0.2, 0) is 36.8 Å². The van der Waals surface area contributed by atoms with E-state index in [2.05, 4.69) is 25.9 Å². The number of imidazole rings is 1. The van der Waals surface area contributed by atoms with Gasteiger partial charge in [-0.15, -0.1) is 0 Å². The Morgan fingerprint density at radius 1 is 0.943 bits per heavy atom. The smallest absolute Gasteiger partial charge is 0.326 e. The van der Waals surface area contributed by atoms with E-state index in [0.717, 1.165) is 0 Å². The highest BCUT2D eigenvalue weighted by molar-refractivity contribution is 5.95. The molecule has 1 heterocycles. The normalized spacial score (nSPS) is 13.2. The number of benzene rings is 1. The molecule has 0 aliphatic rings. The lowest BCUT2D eigenvalue weighted by Gasteiger charge is -2.24. The van der Waals surface area contributed by atoms with Gasteiger partial charge in [-0.05, 0) is 17.7 Å². The van der Waals surface area contributed by atoms with Crippen molar-refractivity contribution in [3.8, 4) is 5.75 Å². The van der Waals surface area contributed by atoms with Gasteiger partial charge >= 0.3 is 5.97 Å². The molecule has 1 aromatic carbocycles. The summed E-state index contributed by atoms with van der Waals surface area (Å²) in [6, 6.07) is 1.72. The summed E-state index contributed by atoms with van der Waals surface area (Å²) >= 11 is 0. The second-order valence-corrected chi connectivity index (χ2v) is 7.61. The average molecular weight is 489 g/mol. The van der Waals surface area contributed by atoms with Crippen LogP contribution < -0.4 is 27.4 Å². The number of H-pyrrole nitrogens is 1. The van der Waals surface area contributed by atoms with Crippen molar-refractivity contribution in [3.05, 3.63) is 48.0 Å². The number of phenolic OH excluding ortho intramolecular Hbond substituents is 1. The predicted octanol–water partition coefficient (Wildman–Crippen LogP) is -2.73. The third kappa shape index (κ3) is 8.77. The number of aliphatic carboxylic acids is 1. The number of aromatic hydroxyl groups is 1. The Kier molecular flexibility index (Phi) is 9.71. The number of amides is 4. The molecule has 0 saturated heterocycles. The van der Waals surface area contributed by atoms with Crippen molar-refractivity contribution < 1.29 is 34.2 Å². The molecule has 188 valence electrons. The van der Waals surface area contributed by atoms with Gasteiger partial charge in [0.15, 0.2) is 0 Å². The number of carboxylic acid groups (broad SMARTS) is 1. The van der Waals surface area contributed by atoms with Gasteiger partial charge in [-0.2, -0.15) is 0 Å². The Morgan fingerprint density at radius 3 is 2.11 bits per heavy atom. The molecule has 0 fully saturated rings. The fourth-order valence-electron chi connectivity index (χ4n) is 3.10. The number of rotatable bonds is 13. The average Bonchev–Trinajstić information content (AvgIpc) is 3.31. The first kappa shape index (κ1) is 26.8. The number of nitrogens with zero attached hydrogens (tertiary/aromatic N) is 1. The van der Waals surface area contributed by atoms with Gasteiger partial charge in [0.25, 0.3) is 0 Å². The molecule has 3 atom stereocenters. The van der Waals surface area contributed by atoms with Crippen molar-refractivity contribution in [1.29, 1.82) is 0 Å². The van der Waals surface area contributed by atoms with Crippen LogP contribution in [0.3, 0.4) is 0 Å². The van der Waals surface area contributed by atoms with Gasteiger partial charge in [-0.25, -0.2) is 9.78 Å². The number of hydrogen-bond donors (Lipinski definition) is 8. The highest BCUT2D eigenvalue weighted by atomic mass is 16.4. The zero-order valence-corrected chi connectivity index (χ0v) is 18.6. The van der Waals surface area contributed by atoms with Gasteiger partial charge < -0.3 is 42.6 Å². The van der Waals surface area contributed by atoms with Crippen LogP contribution >= 0.6 is 0 Å². The second kappa shape index (κ2) is 12.7. The largest absolute Gasteiger partial charge is 0.508 e. The molecule has 0 aliphatic carbocycles. The molecule has 0 spiro atoms. The van der Waals surface area contributed by atoms with Gasteiger partial charge in [-0.3, -0.25) is 19.2 Å². The minimum Gasteiger partial charge on any atom is -0.508 e. The van der Waals surface area contributed by atoms with Crippen LogP contribution in [0.5, 0.6) is 5.75 Å². The lowest BCUT2D eigenvalue weighted by atomic mass is 10.0. The number of phenols is 1. The van der Waals surface area contributed by atoms with Gasteiger partial charge in [0, 0.05) is 24.7 Å². The fraction of sp³-hybridized carbons (Fsp3) is 0.333. The van der Waals surface area contributed by atoms with Crippen molar-refractivity contribution >= 4 is 29.6 Å². The number of primary amides is 1. The zero-order chi connectivity index (χ0) is 26.0. The lowest BCUT2D eigenvalue weighted by Crippen LogP contribution is -2.57. The van der Waals surface area contributed by atoms with E-state index in [1.54, 1.807) is 0 Å². The first-order chi connectivity index (χ1) is 16.6. The molecule has 4 amide bonds. The maximum absolute atomic E-state index is 13.1. The van der Waals surface area contributed by atoms with Crippen LogP contribution in [0.4, 0.5) is 0 Å². The quantitative estimate of drug-likeness (QED) is 0.145. The van der Waals surface area contributed by atoms with E-state index in [4.69, 9.17) is 11.5 Å².